The smallest absolute Gasteiger partial charge is 0.311 e. The lowest BCUT2D eigenvalue weighted by molar-refractivity contribution is -0.160. The summed E-state index contributed by atoms with van der Waals surface area (Å²) in [6, 6.07) is 17.4. The number of rotatable bonds is 16. The molecule has 0 saturated carbocycles. The molecule has 0 spiro atoms. The molecule has 0 heterocycles. The van der Waals surface area contributed by atoms with Crippen LogP contribution in [0, 0.1) is 12.8 Å². The summed E-state index contributed by atoms with van der Waals surface area (Å²) < 4.78 is 29.6. The molecule has 3 atom stereocenters. The minimum atomic E-state index is -2.01. The fraction of sp³-hybridized carbons (Fsp3) is 0.606. The van der Waals surface area contributed by atoms with Crippen LogP contribution in [-0.4, -0.2) is 42.5 Å². The summed E-state index contributed by atoms with van der Waals surface area (Å²) in [4.78, 5) is 15.4. The fourth-order valence-corrected chi connectivity index (χ4v) is 13.4. The molecule has 1 N–H and O–H groups in total. The van der Waals surface area contributed by atoms with Crippen LogP contribution >= 0.6 is 11.8 Å². The third kappa shape index (κ3) is 11.0. The number of hydrogen-bond donors (Lipinski definition) is 1. The second-order valence-corrected chi connectivity index (χ2v) is 20.7. The summed E-state index contributed by atoms with van der Waals surface area (Å²) in [6.45, 7) is 22.1. The van der Waals surface area contributed by atoms with Gasteiger partial charge in [0.15, 0.2) is 8.32 Å². The molecule has 1 unspecified atom stereocenters. The Bertz CT molecular complexity index is 1060. The second kappa shape index (κ2) is 16.4. The van der Waals surface area contributed by atoms with Crippen LogP contribution < -0.4 is 4.72 Å². The van der Waals surface area contributed by atoms with Crippen molar-refractivity contribution < 1.29 is 18.2 Å². The summed E-state index contributed by atoms with van der Waals surface area (Å²) in [6.07, 6.45) is 1.41. The Morgan fingerprint density at radius 1 is 0.927 bits per heavy atom. The van der Waals surface area contributed by atoms with Crippen molar-refractivity contribution in [1.82, 2.24) is 4.72 Å². The van der Waals surface area contributed by atoms with Crippen molar-refractivity contribution in [2.75, 3.05) is 12.4 Å². The molecule has 0 amide bonds. The van der Waals surface area contributed by atoms with E-state index < -0.39 is 30.8 Å². The van der Waals surface area contributed by atoms with Gasteiger partial charge in [0.05, 0.1) is 10.8 Å². The Morgan fingerprint density at radius 3 is 2.00 bits per heavy atom. The topological polar surface area (TPSA) is 64.6 Å². The first-order valence-electron chi connectivity index (χ1n) is 15.0. The minimum Gasteiger partial charge on any atom is -0.460 e. The molecule has 8 heteroatoms. The van der Waals surface area contributed by atoms with Crippen molar-refractivity contribution in [1.29, 1.82) is 0 Å². The van der Waals surface area contributed by atoms with Gasteiger partial charge in [-0.25, -0.2) is 8.93 Å². The van der Waals surface area contributed by atoms with Gasteiger partial charge < -0.3 is 9.16 Å². The Hall–Kier alpha value is -1.45. The summed E-state index contributed by atoms with van der Waals surface area (Å²) >= 11 is 1.63. The normalized spacial score (nSPS) is 14.9. The zero-order chi connectivity index (χ0) is 30.8. The van der Waals surface area contributed by atoms with Gasteiger partial charge in [-0.3, -0.25) is 4.79 Å². The maximum atomic E-state index is 13.6. The molecule has 2 rings (SSSR count). The van der Waals surface area contributed by atoms with Crippen LogP contribution in [0.5, 0.6) is 0 Å². The third-order valence-electron chi connectivity index (χ3n) is 7.58. The van der Waals surface area contributed by atoms with Crippen molar-refractivity contribution >= 4 is 37.0 Å². The first-order valence-corrected chi connectivity index (χ1v) is 19.2. The van der Waals surface area contributed by atoms with E-state index in [0.29, 0.717) is 40.3 Å². The van der Waals surface area contributed by atoms with E-state index in [9.17, 15) is 9.00 Å². The number of carbonyl (C=O) groups is 1. The van der Waals surface area contributed by atoms with Crippen LogP contribution in [0.15, 0.2) is 64.4 Å². The van der Waals surface area contributed by atoms with Gasteiger partial charge in [-0.2, -0.15) is 0 Å². The Morgan fingerprint density at radius 2 is 1.49 bits per heavy atom. The van der Waals surface area contributed by atoms with E-state index in [0.717, 1.165) is 16.9 Å². The van der Waals surface area contributed by atoms with Gasteiger partial charge in [-0.1, -0.05) is 77.4 Å². The lowest BCUT2D eigenvalue weighted by atomic mass is 9.98. The van der Waals surface area contributed by atoms with E-state index in [1.165, 1.54) is 0 Å². The number of carbonyl (C=O) groups excluding carboxylic acids is 1. The van der Waals surface area contributed by atoms with Crippen LogP contribution in [0.1, 0.15) is 80.7 Å². The number of aryl methyl sites for hydroxylation is 1. The maximum absolute atomic E-state index is 13.6. The van der Waals surface area contributed by atoms with Crippen LogP contribution in [0.3, 0.4) is 0 Å². The molecule has 41 heavy (non-hydrogen) atoms. The molecule has 0 radical (unpaired) electrons. The van der Waals surface area contributed by atoms with Gasteiger partial charge in [0.25, 0.3) is 0 Å². The van der Waals surface area contributed by atoms with Crippen LogP contribution in [-0.2, 0) is 24.9 Å². The molecule has 2 aromatic carbocycles. The standard InChI is InChI=1S/C33H53NO4S2Si/c1-24(2)41(25(3)4,26(5)6)37-22-14-17-31(34-40(36)29-20-18-27(7)19-21-29)30(32(35)38-33(8,9)10)23-39-28-15-12-11-13-16-28/h11-13,15-16,18-21,24-26,30-31,34H,14,17,22-23H2,1-10H3/t30-,31+,40?/m1/s1. The lowest BCUT2D eigenvalue weighted by Gasteiger charge is -2.42. The molecule has 0 aliphatic heterocycles. The first kappa shape index (κ1) is 35.7. The van der Waals surface area contributed by atoms with Gasteiger partial charge in [-0.15, -0.1) is 11.8 Å². The maximum Gasteiger partial charge on any atom is 0.311 e. The zero-order valence-electron chi connectivity index (χ0n) is 26.9. The van der Waals surface area contributed by atoms with Crippen molar-refractivity contribution in [3.05, 3.63) is 60.2 Å². The number of thioether (sulfide) groups is 1. The molecule has 0 aromatic heterocycles. The number of hydrogen-bond acceptors (Lipinski definition) is 5. The highest BCUT2D eigenvalue weighted by molar-refractivity contribution is 7.99. The Labute approximate surface area is 257 Å². The summed E-state index contributed by atoms with van der Waals surface area (Å²) in [5, 5.41) is 0. The van der Waals surface area contributed by atoms with Crippen LogP contribution in [0.4, 0.5) is 0 Å². The highest BCUT2D eigenvalue weighted by atomic mass is 32.2. The summed E-state index contributed by atoms with van der Waals surface area (Å²) in [7, 11) is -3.48. The Kier molecular flexibility index (Phi) is 14.3. The highest BCUT2D eigenvalue weighted by Crippen LogP contribution is 2.42. The molecule has 230 valence electrons. The van der Waals surface area contributed by atoms with Crippen molar-refractivity contribution in [2.45, 2.75) is 120 Å². The minimum absolute atomic E-state index is 0.268. The largest absolute Gasteiger partial charge is 0.460 e. The molecule has 0 fully saturated rings. The van der Waals surface area contributed by atoms with Crippen LogP contribution in [0.2, 0.25) is 16.6 Å². The number of benzene rings is 2. The van der Waals surface area contributed by atoms with Gasteiger partial charge in [0.2, 0.25) is 0 Å². The van der Waals surface area contributed by atoms with Crippen molar-refractivity contribution in [3.8, 4) is 0 Å². The van der Waals surface area contributed by atoms with Gasteiger partial charge in [-0.05, 0) is 81.4 Å². The monoisotopic (exact) mass is 619 g/mol. The van der Waals surface area contributed by atoms with E-state index in [2.05, 4.69) is 46.3 Å². The van der Waals surface area contributed by atoms with E-state index in [4.69, 9.17) is 9.16 Å². The molecule has 0 saturated heterocycles. The average Bonchev–Trinajstić information content (AvgIpc) is 2.87. The molecule has 2 aromatic rings. The predicted octanol–water partition coefficient (Wildman–Crippen LogP) is 8.70. The fourth-order valence-electron chi connectivity index (χ4n) is 5.69. The van der Waals surface area contributed by atoms with E-state index in [1.54, 1.807) is 11.8 Å². The average molecular weight is 620 g/mol. The van der Waals surface area contributed by atoms with E-state index >= 15 is 0 Å². The number of ether oxygens (including phenoxy) is 1. The van der Waals surface area contributed by atoms with E-state index in [1.807, 2.05) is 82.3 Å². The first-order chi connectivity index (χ1) is 19.2. The van der Waals surface area contributed by atoms with Crippen molar-refractivity contribution in [2.24, 2.45) is 5.92 Å². The Balaban J connectivity index is 2.32. The second-order valence-electron chi connectivity index (χ2n) is 12.9. The lowest BCUT2D eigenvalue weighted by Crippen LogP contribution is -2.48. The highest BCUT2D eigenvalue weighted by Gasteiger charge is 2.45. The summed E-state index contributed by atoms with van der Waals surface area (Å²) in [5.74, 6) is -0.239. The molecular formula is C33H53NO4S2Si. The quantitative estimate of drug-likeness (QED) is 0.0881. The molecule has 5 nitrogen and oxygen atoms in total. The van der Waals surface area contributed by atoms with E-state index in [-0.39, 0.29) is 12.0 Å². The van der Waals surface area contributed by atoms with Gasteiger partial charge in [0, 0.05) is 23.3 Å². The van der Waals surface area contributed by atoms with Gasteiger partial charge in [0.1, 0.15) is 16.6 Å². The van der Waals surface area contributed by atoms with Gasteiger partial charge >= 0.3 is 5.97 Å². The zero-order valence-corrected chi connectivity index (χ0v) is 29.5. The molecule has 0 aliphatic rings. The summed E-state index contributed by atoms with van der Waals surface area (Å²) in [5.41, 5.74) is 2.00. The molecular weight excluding hydrogens is 567 g/mol. The predicted molar refractivity (Wildman–Crippen MR) is 177 cm³/mol. The number of esters is 1. The third-order valence-corrected chi connectivity index (χ3v) is 16.0. The molecule has 0 bridgehead atoms. The van der Waals surface area contributed by atoms with Crippen molar-refractivity contribution in [3.63, 3.8) is 0 Å². The SMILES string of the molecule is Cc1ccc(S(=O)N[C@@H](CCCO[Si](C(C)C)(C(C)C)C(C)C)[C@@H](CSc2ccccc2)C(=O)OC(C)(C)C)cc1. The van der Waals surface area contributed by atoms with Crippen LogP contribution in [0.25, 0.3) is 0 Å². The molecule has 0 aliphatic carbocycles. The number of nitrogens with one attached hydrogen (secondary N) is 1.